The van der Waals surface area contributed by atoms with Gasteiger partial charge < -0.3 is 15.6 Å². The molecule has 5 nitrogen and oxygen atoms in total. The van der Waals surface area contributed by atoms with Gasteiger partial charge in [-0.25, -0.2) is 4.98 Å². The third-order valence-electron chi connectivity index (χ3n) is 5.36. The van der Waals surface area contributed by atoms with E-state index < -0.39 is 0 Å². The van der Waals surface area contributed by atoms with Gasteiger partial charge in [0.25, 0.3) is 0 Å². The molecule has 1 aliphatic heterocycles. The first-order valence-electron chi connectivity index (χ1n) is 8.72. The summed E-state index contributed by atoms with van der Waals surface area (Å²) in [6, 6.07) is 8.32. The second kappa shape index (κ2) is 8.39. The second-order valence-corrected chi connectivity index (χ2v) is 6.98. The first-order valence-corrected chi connectivity index (χ1v) is 8.72. The molecule has 1 aromatic heterocycles. The number of H-pyrrole nitrogens is 1. The molecule has 1 amide bonds. The van der Waals surface area contributed by atoms with Crippen LogP contribution in [0.2, 0.25) is 0 Å². The number of carbonyl (C=O) groups excluding carboxylic acids is 1. The summed E-state index contributed by atoms with van der Waals surface area (Å²) < 4.78 is 0. The van der Waals surface area contributed by atoms with Crippen LogP contribution in [-0.2, 0) is 4.79 Å². The van der Waals surface area contributed by atoms with E-state index in [2.05, 4.69) is 20.6 Å². The summed E-state index contributed by atoms with van der Waals surface area (Å²) >= 11 is 0. The van der Waals surface area contributed by atoms with Crippen molar-refractivity contribution in [1.82, 2.24) is 20.6 Å². The van der Waals surface area contributed by atoms with Gasteiger partial charge in [0.05, 0.1) is 23.1 Å². The van der Waals surface area contributed by atoms with Crippen molar-refractivity contribution < 1.29 is 4.79 Å². The van der Waals surface area contributed by atoms with Gasteiger partial charge in [-0.2, -0.15) is 0 Å². The number of carbonyl (C=O) groups is 1. The van der Waals surface area contributed by atoms with Crippen molar-refractivity contribution in [3.63, 3.8) is 0 Å². The Kier molecular flexibility index (Phi) is 6.72. The first-order chi connectivity index (χ1) is 11.2. The van der Waals surface area contributed by atoms with Crippen molar-refractivity contribution in [1.29, 1.82) is 0 Å². The summed E-state index contributed by atoms with van der Waals surface area (Å²) in [6.07, 6.45) is 6.06. The highest BCUT2D eigenvalue weighted by atomic mass is 35.5. The van der Waals surface area contributed by atoms with Crippen LogP contribution in [0.25, 0.3) is 11.0 Å². The molecular weight excluding hydrogens is 359 g/mol. The molecular formula is C18H26Cl2N4O. The number of benzene rings is 1. The molecule has 1 saturated carbocycles. The van der Waals surface area contributed by atoms with Crippen LogP contribution in [0.5, 0.6) is 0 Å². The zero-order chi connectivity index (χ0) is 15.8. The van der Waals surface area contributed by atoms with E-state index in [9.17, 15) is 4.79 Å². The summed E-state index contributed by atoms with van der Waals surface area (Å²) in [5, 5.41) is 6.65. The van der Waals surface area contributed by atoms with Gasteiger partial charge >= 0.3 is 0 Å². The Balaban J connectivity index is 0.00000113. The maximum absolute atomic E-state index is 12.6. The molecule has 138 valence electrons. The van der Waals surface area contributed by atoms with Gasteiger partial charge in [0, 0.05) is 6.04 Å². The highest BCUT2D eigenvalue weighted by Gasteiger charge is 2.38. The smallest absolute Gasteiger partial charge is 0.237 e. The minimum atomic E-state index is -0.112. The molecule has 0 bridgehead atoms. The van der Waals surface area contributed by atoms with Crippen molar-refractivity contribution >= 4 is 41.8 Å². The van der Waals surface area contributed by atoms with Gasteiger partial charge in [-0.3, -0.25) is 4.79 Å². The number of nitrogens with one attached hydrogen (secondary N) is 3. The first kappa shape index (κ1) is 20.0. The SMILES string of the molecule is CC(NC(=O)C1CC2CCCCC2N1)c1nc2ccccc2[nH]1.Cl.Cl. The van der Waals surface area contributed by atoms with Gasteiger partial charge in [0.2, 0.25) is 5.91 Å². The minimum Gasteiger partial charge on any atom is -0.345 e. The van der Waals surface area contributed by atoms with E-state index in [4.69, 9.17) is 0 Å². The molecule has 2 heterocycles. The van der Waals surface area contributed by atoms with Crippen LogP contribution >= 0.6 is 24.8 Å². The van der Waals surface area contributed by atoms with Gasteiger partial charge in [-0.05, 0) is 44.2 Å². The number of nitrogens with zero attached hydrogens (tertiary/aromatic N) is 1. The van der Waals surface area contributed by atoms with Gasteiger partial charge in [0.1, 0.15) is 5.82 Å². The summed E-state index contributed by atoms with van der Waals surface area (Å²) in [4.78, 5) is 20.4. The number of imidazole rings is 1. The van der Waals surface area contributed by atoms with Crippen LogP contribution in [0, 0.1) is 5.92 Å². The molecule has 1 aromatic carbocycles. The largest absolute Gasteiger partial charge is 0.345 e. The highest BCUT2D eigenvalue weighted by molar-refractivity contribution is 5.85. The summed E-state index contributed by atoms with van der Waals surface area (Å²) in [5.74, 6) is 1.60. The molecule has 4 rings (SSSR count). The molecule has 25 heavy (non-hydrogen) atoms. The Morgan fingerprint density at radius 2 is 2.00 bits per heavy atom. The number of aromatic nitrogens is 2. The Bertz CT molecular complexity index is 673. The molecule has 7 heteroatoms. The highest BCUT2D eigenvalue weighted by Crippen LogP contribution is 2.33. The topological polar surface area (TPSA) is 69.8 Å². The monoisotopic (exact) mass is 384 g/mol. The summed E-state index contributed by atoms with van der Waals surface area (Å²) in [6.45, 7) is 1.98. The summed E-state index contributed by atoms with van der Waals surface area (Å²) in [7, 11) is 0. The predicted octanol–water partition coefficient (Wildman–Crippen LogP) is 3.50. The van der Waals surface area contributed by atoms with E-state index in [0.717, 1.165) is 23.3 Å². The van der Waals surface area contributed by atoms with E-state index in [1.807, 2.05) is 31.2 Å². The molecule has 2 aliphatic rings. The molecule has 2 fully saturated rings. The molecule has 2 aromatic rings. The molecule has 1 aliphatic carbocycles. The number of amides is 1. The Morgan fingerprint density at radius 1 is 1.24 bits per heavy atom. The fourth-order valence-electron chi connectivity index (χ4n) is 4.08. The third-order valence-corrected chi connectivity index (χ3v) is 5.36. The van der Waals surface area contributed by atoms with E-state index in [1.54, 1.807) is 0 Å². The van der Waals surface area contributed by atoms with Crippen LogP contribution in [0.3, 0.4) is 0 Å². The predicted molar refractivity (Wildman–Crippen MR) is 104 cm³/mol. The lowest BCUT2D eigenvalue weighted by atomic mass is 9.85. The molecule has 0 radical (unpaired) electrons. The average Bonchev–Trinajstić information content (AvgIpc) is 3.18. The number of para-hydroxylation sites is 2. The van der Waals surface area contributed by atoms with Crippen LogP contribution < -0.4 is 10.6 Å². The number of hydrogen-bond donors (Lipinski definition) is 3. The number of rotatable bonds is 3. The fraction of sp³-hybridized carbons (Fsp3) is 0.556. The van der Waals surface area contributed by atoms with Crippen molar-refractivity contribution in [2.75, 3.05) is 0 Å². The standard InChI is InChI=1S/C18H24N4O.2ClH/c1-11(17-21-14-8-4-5-9-15(14)22-17)19-18(23)16-10-12-6-2-3-7-13(12)20-16;;/h4-5,8-9,11-13,16,20H,2-3,6-7,10H2,1H3,(H,19,23)(H,21,22);2*1H. The quantitative estimate of drug-likeness (QED) is 0.758. The van der Waals surface area contributed by atoms with Crippen molar-refractivity contribution in [3.8, 4) is 0 Å². The van der Waals surface area contributed by atoms with Crippen molar-refractivity contribution in [2.45, 2.75) is 57.2 Å². The van der Waals surface area contributed by atoms with E-state index in [1.165, 1.54) is 25.7 Å². The Hall–Kier alpha value is -1.30. The van der Waals surface area contributed by atoms with Gasteiger partial charge in [-0.1, -0.05) is 25.0 Å². The van der Waals surface area contributed by atoms with E-state index in [-0.39, 0.29) is 42.8 Å². The minimum absolute atomic E-state index is 0. The molecule has 4 atom stereocenters. The lowest BCUT2D eigenvalue weighted by molar-refractivity contribution is -0.123. The third kappa shape index (κ3) is 4.10. The Morgan fingerprint density at radius 3 is 2.76 bits per heavy atom. The normalized spacial score (nSPS) is 26.2. The summed E-state index contributed by atoms with van der Waals surface area (Å²) in [5.41, 5.74) is 1.95. The number of hydrogen-bond acceptors (Lipinski definition) is 3. The maximum atomic E-state index is 12.6. The van der Waals surface area contributed by atoms with E-state index in [0.29, 0.717) is 12.0 Å². The average molecular weight is 385 g/mol. The van der Waals surface area contributed by atoms with Gasteiger partial charge in [-0.15, -0.1) is 24.8 Å². The van der Waals surface area contributed by atoms with Crippen LogP contribution in [0.15, 0.2) is 24.3 Å². The van der Waals surface area contributed by atoms with Crippen LogP contribution in [0.4, 0.5) is 0 Å². The van der Waals surface area contributed by atoms with E-state index >= 15 is 0 Å². The lowest BCUT2D eigenvalue weighted by Gasteiger charge is -2.24. The lowest BCUT2D eigenvalue weighted by Crippen LogP contribution is -2.44. The number of halogens is 2. The van der Waals surface area contributed by atoms with Crippen molar-refractivity contribution in [3.05, 3.63) is 30.1 Å². The number of fused-ring (bicyclic) bond motifs is 2. The number of aromatic amines is 1. The van der Waals surface area contributed by atoms with Crippen molar-refractivity contribution in [2.24, 2.45) is 5.92 Å². The molecule has 4 unspecified atom stereocenters. The molecule has 3 N–H and O–H groups in total. The fourth-order valence-corrected chi connectivity index (χ4v) is 4.08. The van der Waals surface area contributed by atoms with Crippen LogP contribution in [0.1, 0.15) is 50.9 Å². The zero-order valence-corrected chi connectivity index (χ0v) is 16.0. The second-order valence-electron chi connectivity index (χ2n) is 6.98. The van der Waals surface area contributed by atoms with Gasteiger partial charge in [0.15, 0.2) is 0 Å². The zero-order valence-electron chi connectivity index (χ0n) is 14.3. The molecule has 1 saturated heterocycles. The maximum Gasteiger partial charge on any atom is 0.237 e. The van der Waals surface area contributed by atoms with Crippen LogP contribution in [-0.4, -0.2) is 28.0 Å². The molecule has 0 spiro atoms. The Labute approximate surface area is 160 Å².